The van der Waals surface area contributed by atoms with Crippen molar-refractivity contribution in [1.82, 2.24) is 0 Å². The van der Waals surface area contributed by atoms with E-state index in [1.54, 1.807) is 0 Å². The van der Waals surface area contributed by atoms with Crippen LogP contribution in [0.15, 0.2) is 35.5 Å². The summed E-state index contributed by atoms with van der Waals surface area (Å²) >= 11 is 0. The van der Waals surface area contributed by atoms with Gasteiger partial charge in [0.15, 0.2) is 0 Å². The van der Waals surface area contributed by atoms with Gasteiger partial charge in [-0.05, 0) is 31.8 Å². The molecule has 0 unspecified atom stereocenters. The summed E-state index contributed by atoms with van der Waals surface area (Å²) in [6.45, 7) is 4.39. The summed E-state index contributed by atoms with van der Waals surface area (Å²) in [5.41, 5.74) is 2.96. The Labute approximate surface area is 69.3 Å². The van der Waals surface area contributed by atoms with Gasteiger partial charge in [0.1, 0.15) is 0 Å². The molecule has 0 radical (unpaired) electrons. The van der Waals surface area contributed by atoms with E-state index in [0.717, 1.165) is 0 Å². The topological polar surface area (TPSA) is 0 Å². The van der Waals surface area contributed by atoms with Crippen LogP contribution in [0.3, 0.4) is 0 Å². The summed E-state index contributed by atoms with van der Waals surface area (Å²) in [7, 11) is 0. The number of hydrogen-bond acceptors (Lipinski definition) is 0. The van der Waals surface area contributed by atoms with E-state index in [2.05, 4.69) is 38.2 Å². The first-order chi connectivity index (χ1) is 5.33. The molecular weight excluding hydrogens is 132 g/mol. The maximum Gasteiger partial charge on any atom is -0.0244 e. The third-order valence-electron chi connectivity index (χ3n) is 2.04. The largest absolute Gasteiger partial charge is 0.0842 e. The van der Waals surface area contributed by atoms with Crippen LogP contribution in [-0.4, -0.2) is 0 Å². The number of hydrogen-bond donors (Lipinski definition) is 0. The van der Waals surface area contributed by atoms with Crippen molar-refractivity contribution in [3.63, 3.8) is 0 Å². The molecule has 0 heterocycles. The van der Waals surface area contributed by atoms with E-state index in [9.17, 15) is 0 Å². The molecule has 0 heteroatoms. The Morgan fingerprint density at radius 3 is 3.00 bits per heavy atom. The predicted molar refractivity (Wildman–Crippen MR) is 50.5 cm³/mol. The molecule has 0 nitrogen and oxygen atoms in total. The molecule has 1 aliphatic carbocycles. The molecule has 1 rings (SSSR count). The molecule has 0 spiro atoms. The highest BCUT2D eigenvalue weighted by Gasteiger charge is 1.95. The van der Waals surface area contributed by atoms with Crippen LogP contribution in [0.25, 0.3) is 0 Å². The molecule has 0 aromatic carbocycles. The minimum atomic E-state index is 1.17. The Morgan fingerprint density at radius 1 is 1.64 bits per heavy atom. The Morgan fingerprint density at radius 2 is 2.45 bits per heavy atom. The molecular formula is C11H16. The van der Waals surface area contributed by atoms with E-state index in [0.29, 0.717) is 0 Å². The maximum absolute atomic E-state index is 2.31. The smallest absolute Gasteiger partial charge is 0.0244 e. The molecule has 0 aromatic rings. The standard InChI is InChI=1S/C11H16/c1-3-10(2)9-11-7-5-4-6-8-11/h4-5,7,9H,3,6,8H2,1-2H3/b10-9+. The lowest BCUT2D eigenvalue weighted by molar-refractivity contribution is 0.977. The number of allylic oxidation sites excluding steroid dienone is 6. The molecule has 0 aliphatic heterocycles. The summed E-state index contributed by atoms with van der Waals surface area (Å²) < 4.78 is 0. The molecule has 0 fully saturated rings. The zero-order valence-electron chi connectivity index (χ0n) is 7.43. The van der Waals surface area contributed by atoms with E-state index < -0.39 is 0 Å². The van der Waals surface area contributed by atoms with E-state index in [1.807, 2.05) is 0 Å². The van der Waals surface area contributed by atoms with Crippen molar-refractivity contribution in [3.05, 3.63) is 35.5 Å². The van der Waals surface area contributed by atoms with Crippen LogP contribution in [0, 0.1) is 0 Å². The lowest BCUT2D eigenvalue weighted by atomic mass is 10.0. The second kappa shape index (κ2) is 4.17. The highest BCUT2D eigenvalue weighted by Crippen LogP contribution is 2.15. The summed E-state index contributed by atoms with van der Waals surface area (Å²) in [5, 5.41) is 0. The maximum atomic E-state index is 2.31. The molecule has 0 amide bonds. The van der Waals surface area contributed by atoms with Crippen molar-refractivity contribution in [3.8, 4) is 0 Å². The number of rotatable bonds is 2. The zero-order chi connectivity index (χ0) is 8.10. The van der Waals surface area contributed by atoms with Crippen molar-refractivity contribution < 1.29 is 0 Å². The van der Waals surface area contributed by atoms with Crippen molar-refractivity contribution >= 4 is 0 Å². The fourth-order valence-corrected chi connectivity index (χ4v) is 1.16. The first-order valence-corrected chi connectivity index (χ1v) is 4.36. The summed E-state index contributed by atoms with van der Waals surface area (Å²) in [5.74, 6) is 0. The summed E-state index contributed by atoms with van der Waals surface area (Å²) in [6.07, 6.45) is 12.5. The lowest BCUT2D eigenvalue weighted by Gasteiger charge is -2.04. The lowest BCUT2D eigenvalue weighted by Crippen LogP contribution is -1.84. The first kappa shape index (κ1) is 8.32. The predicted octanol–water partition coefficient (Wildman–Crippen LogP) is 3.62. The van der Waals surface area contributed by atoms with Crippen molar-refractivity contribution in [2.45, 2.75) is 33.1 Å². The Kier molecular flexibility index (Phi) is 3.15. The molecule has 0 saturated carbocycles. The highest BCUT2D eigenvalue weighted by molar-refractivity contribution is 5.29. The third-order valence-corrected chi connectivity index (χ3v) is 2.04. The fraction of sp³-hybridized carbons (Fsp3) is 0.455. The molecule has 60 valence electrons. The van der Waals surface area contributed by atoms with Crippen molar-refractivity contribution in [2.75, 3.05) is 0 Å². The van der Waals surface area contributed by atoms with Crippen LogP contribution < -0.4 is 0 Å². The second-order valence-electron chi connectivity index (χ2n) is 3.05. The zero-order valence-corrected chi connectivity index (χ0v) is 7.43. The molecule has 0 N–H and O–H groups in total. The summed E-state index contributed by atoms with van der Waals surface area (Å²) in [6, 6.07) is 0. The van der Waals surface area contributed by atoms with Gasteiger partial charge in [0, 0.05) is 0 Å². The Bertz CT molecular complexity index is 204. The Balaban J connectivity index is 2.60. The molecule has 11 heavy (non-hydrogen) atoms. The van der Waals surface area contributed by atoms with Gasteiger partial charge in [-0.3, -0.25) is 0 Å². The molecule has 0 aromatic heterocycles. The van der Waals surface area contributed by atoms with E-state index in [4.69, 9.17) is 0 Å². The van der Waals surface area contributed by atoms with Gasteiger partial charge in [0.25, 0.3) is 0 Å². The van der Waals surface area contributed by atoms with Gasteiger partial charge in [-0.1, -0.05) is 36.8 Å². The van der Waals surface area contributed by atoms with Gasteiger partial charge in [-0.25, -0.2) is 0 Å². The van der Waals surface area contributed by atoms with Gasteiger partial charge < -0.3 is 0 Å². The minimum Gasteiger partial charge on any atom is -0.0842 e. The third kappa shape index (κ3) is 2.75. The van der Waals surface area contributed by atoms with Gasteiger partial charge in [-0.15, -0.1) is 0 Å². The minimum absolute atomic E-state index is 1.17. The average molecular weight is 148 g/mol. The molecule has 0 saturated heterocycles. The average Bonchev–Trinajstić information content (AvgIpc) is 2.06. The van der Waals surface area contributed by atoms with Crippen LogP contribution in [0.4, 0.5) is 0 Å². The van der Waals surface area contributed by atoms with Gasteiger partial charge >= 0.3 is 0 Å². The van der Waals surface area contributed by atoms with Gasteiger partial charge in [0.2, 0.25) is 0 Å². The molecule has 0 atom stereocenters. The van der Waals surface area contributed by atoms with Gasteiger partial charge in [0.05, 0.1) is 0 Å². The molecule has 1 aliphatic rings. The van der Waals surface area contributed by atoms with E-state index in [-0.39, 0.29) is 0 Å². The second-order valence-corrected chi connectivity index (χ2v) is 3.05. The first-order valence-electron chi connectivity index (χ1n) is 4.36. The fourth-order valence-electron chi connectivity index (χ4n) is 1.16. The van der Waals surface area contributed by atoms with Crippen molar-refractivity contribution in [1.29, 1.82) is 0 Å². The van der Waals surface area contributed by atoms with Crippen LogP contribution in [0.2, 0.25) is 0 Å². The van der Waals surface area contributed by atoms with Crippen LogP contribution in [0.5, 0.6) is 0 Å². The van der Waals surface area contributed by atoms with E-state index >= 15 is 0 Å². The quantitative estimate of drug-likeness (QED) is 0.561. The normalized spacial score (nSPS) is 18.4. The SMILES string of the molecule is CC/C(C)=C/C1=CC=CCC1. The highest BCUT2D eigenvalue weighted by atomic mass is 14.0. The van der Waals surface area contributed by atoms with Crippen LogP contribution in [0.1, 0.15) is 33.1 Å². The monoisotopic (exact) mass is 148 g/mol. The van der Waals surface area contributed by atoms with Crippen LogP contribution in [-0.2, 0) is 0 Å². The summed E-state index contributed by atoms with van der Waals surface area (Å²) in [4.78, 5) is 0. The Hall–Kier alpha value is -0.780. The van der Waals surface area contributed by atoms with Crippen LogP contribution >= 0.6 is 0 Å². The van der Waals surface area contributed by atoms with Crippen molar-refractivity contribution in [2.24, 2.45) is 0 Å². The van der Waals surface area contributed by atoms with Gasteiger partial charge in [-0.2, -0.15) is 0 Å². The van der Waals surface area contributed by atoms with E-state index in [1.165, 1.54) is 30.4 Å². The molecule has 0 bridgehead atoms.